The van der Waals surface area contributed by atoms with E-state index < -0.39 is 51.7 Å². The van der Waals surface area contributed by atoms with Gasteiger partial charge >= 0.3 is 12.1 Å². The molecule has 7 nitrogen and oxygen atoms in total. The largest absolute Gasteiger partial charge is 0.508 e. The van der Waals surface area contributed by atoms with Gasteiger partial charge in [0, 0.05) is 7.11 Å². The lowest BCUT2D eigenvalue weighted by Gasteiger charge is -2.37. The van der Waals surface area contributed by atoms with Gasteiger partial charge in [0.1, 0.15) is 24.1 Å². The Hall–Kier alpha value is -1.02. The van der Waals surface area contributed by atoms with Crippen LogP contribution in [-0.2, 0) is 28.5 Å². The molecule has 0 bridgehead atoms. The molecule has 0 amide bonds. The molecular weight excluding hydrogens is 507 g/mol. The Morgan fingerprint density at radius 1 is 0.971 bits per heavy atom. The number of halogens is 3. The third-order valence-electron chi connectivity index (χ3n) is 5.22. The molecule has 0 aromatic carbocycles. The smallest absolute Gasteiger partial charge is 0.460 e. The van der Waals surface area contributed by atoms with E-state index in [0.29, 0.717) is 6.42 Å². The highest BCUT2D eigenvalue weighted by Gasteiger charge is 2.45. The van der Waals surface area contributed by atoms with Crippen LogP contribution in [0.5, 0.6) is 0 Å². The zero-order valence-corrected chi connectivity index (χ0v) is 23.9. The first-order valence-corrected chi connectivity index (χ1v) is 12.2. The Morgan fingerprint density at radius 2 is 1.50 bits per heavy atom. The Labute approximate surface area is 218 Å². The minimum absolute atomic E-state index is 0.114. The number of hydrogen-bond donors (Lipinski definition) is 0. The molecule has 0 aliphatic heterocycles. The van der Waals surface area contributed by atoms with E-state index in [-0.39, 0.29) is 18.1 Å². The van der Waals surface area contributed by atoms with Crippen molar-refractivity contribution in [1.29, 1.82) is 0 Å². The first kappa shape index (κ1) is 33.0. The molecule has 0 saturated carbocycles. The maximum absolute atomic E-state index is 13.6. The van der Waals surface area contributed by atoms with Crippen molar-refractivity contribution in [3.05, 3.63) is 12.2 Å². The number of alkyl halides is 3. The normalized spacial score (nSPS) is 16.1. The van der Waals surface area contributed by atoms with Gasteiger partial charge in [-0.1, -0.05) is 68.1 Å². The second-order valence-electron chi connectivity index (χ2n) is 10.3. The number of allylic oxidation sites excluding steroid dienone is 1. The van der Waals surface area contributed by atoms with Crippen molar-refractivity contribution in [3.8, 4) is 0 Å². The van der Waals surface area contributed by atoms with Crippen LogP contribution < -0.4 is 0 Å². The summed E-state index contributed by atoms with van der Waals surface area (Å²) in [6, 6.07) is 0. The summed E-state index contributed by atoms with van der Waals surface area (Å²) in [6.45, 7) is 17.4. The summed E-state index contributed by atoms with van der Waals surface area (Å²) in [4.78, 5) is 38.3. The summed E-state index contributed by atoms with van der Waals surface area (Å²) in [5.41, 5.74) is -0.910. The molecule has 0 heterocycles. The number of ether oxygens (including phenoxy) is 4. The molecule has 0 aliphatic rings. The molecule has 0 fully saturated rings. The van der Waals surface area contributed by atoms with Crippen molar-refractivity contribution < 1.29 is 33.3 Å². The van der Waals surface area contributed by atoms with E-state index in [1.807, 2.05) is 13.8 Å². The lowest BCUT2D eigenvalue weighted by molar-refractivity contribution is -0.161. The standard InChI is InChI=1S/C24H39Cl3O7/c1-14(2)11-15(3)19(33-21(30)32-13-24(25,26)27)16(4)20(29)23(8,9)17(31-10)12-18(28)34-22(5,6)7/h15-17,19H,1,11-13H2,2-10H3. The summed E-state index contributed by atoms with van der Waals surface area (Å²) >= 11 is 16.9. The zero-order chi connectivity index (χ0) is 27.1. The summed E-state index contributed by atoms with van der Waals surface area (Å²) in [5.74, 6) is -1.76. The monoisotopic (exact) mass is 544 g/mol. The average Bonchev–Trinajstić information content (AvgIpc) is 2.64. The molecule has 10 heteroatoms. The van der Waals surface area contributed by atoms with E-state index >= 15 is 0 Å². The third-order valence-corrected chi connectivity index (χ3v) is 5.55. The Bertz CT molecular complexity index is 723. The summed E-state index contributed by atoms with van der Waals surface area (Å²) < 4.78 is 19.5. The van der Waals surface area contributed by atoms with E-state index in [1.165, 1.54) is 7.11 Å². The van der Waals surface area contributed by atoms with Gasteiger partial charge in [0.25, 0.3) is 0 Å². The minimum Gasteiger partial charge on any atom is -0.460 e. The Kier molecular flexibility index (Phi) is 12.9. The fraction of sp³-hybridized carbons (Fsp3) is 0.792. The number of carbonyl (C=O) groups is 3. The molecule has 4 unspecified atom stereocenters. The third kappa shape index (κ3) is 12.1. The highest BCUT2D eigenvalue weighted by atomic mass is 35.6. The number of Topliss-reactive ketones (excluding diaryl/α,β-unsaturated/α-hetero) is 1. The molecule has 0 aromatic heterocycles. The van der Waals surface area contributed by atoms with Crippen molar-refractivity contribution in [2.45, 2.75) is 89.8 Å². The van der Waals surface area contributed by atoms with Gasteiger partial charge in [-0.25, -0.2) is 4.79 Å². The van der Waals surface area contributed by atoms with Crippen LogP contribution in [0.15, 0.2) is 12.2 Å². The lowest BCUT2D eigenvalue weighted by atomic mass is 9.72. The SMILES string of the molecule is C=C(C)CC(C)C(OC(=O)OCC(Cl)(Cl)Cl)C(C)C(=O)C(C)(C)C(CC(=O)OC(C)(C)C)OC. The summed E-state index contributed by atoms with van der Waals surface area (Å²) in [6.07, 6.45) is -2.28. The first-order chi connectivity index (χ1) is 15.2. The number of methoxy groups -OCH3 is 1. The van der Waals surface area contributed by atoms with Crippen LogP contribution in [0.1, 0.15) is 68.2 Å². The quantitative estimate of drug-likeness (QED) is 0.158. The number of rotatable bonds is 12. The fourth-order valence-electron chi connectivity index (χ4n) is 3.73. The molecular formula is C24H39Cl3O7. The molecule has 34 heavy (non-hydrogen) atoms. The zero-order valence-electron chi connectivity index (χ0n) is 21.6. The molecule has 198 valence electrons. The molecule has 4 atom stereocenters. The number of esters is 1. The molecule has 0 aromatic rings. The van der Waals surface area contributed by atoms with E-state index in [2.05, 4.69) is 6.58 Å². The van der Waals surface area contributed by atoms with Crippen molar-refractivity contribution >= 4 is 52.7 Å². The van der Waals surface area contributed by atoms with Crippen LogP contribution >= 0.6 is 34.8 Å². The Balaban J connectivity index is 5.72. The van der Waals surface area contributed by atoms with Gasteiger partial charge in [-0.2, -0.15) is 0 Å². The van der Waals surface area contributed by atoms with Crippen LogP contribution in [0.4, 0.5) is 4.79 Å². The summed E-state index contributed by atoms with van der Waals surface area (Å²) in [7, 11) is 1.43. The van der Waals surface area contributed by atoms with Gasteiger partial charge in [0.05, 0.1) is 23.9 Å². The molecule has 0 saturated heterocycles. The second-order valence-corrected chi connectivity index (χ2v) is 12.8. The highest BCUT2D eigenvalue weighted by Crippen LogP contribution is 2.35. The van der Waals surface area contributed by atoms with Gasteiger partial charge in [-0.3, -0.25) is 9.59 Å². The van der Waals surface area contributed by atoms with Crippen LogP contribution in [-0.4, -0.2) is 53.2 Å². The van der Waals surface area contributed by atoms with Crippen molar-refractivity contribution in [3.63, 3.8) is 0 Å². The van der Waals surface area contributed by atoms with Crippen LogP contribution in [0.3, 0.4) is 0 Å². The molecule has 0 rings (SSSR count). The van der Waals surface area contributed by atoms with Crippen LogP contribution in [0.25, 0.3) is 0 Å². The van der Waals surface area contributed by atoms with Gasteiger partial charge in [-0.05, 0) is 40.0 Å². The summed E-state index contributed by atoms with van der Waals surface area (Å²) in [5, 5.41) is 0. The van der Waals surface area contributed by atoms with Crippen LogP contribution in [0, 0.1) is 17.3 Å². The minimum atomic E-state index is -1.80. The average molecular weight is 546 g/mol. The number of carbonyl (C=O) groups excluding carboxylic acids is 3. The van der Waals surface area contributed by atoms with Gasteiger partial charge < -0.3 is 18.9 Å². The second kappa shape index (κ2) is 13.3. The van der Waals surface area contributed by atoms with E-state index in [4.69, 9.17) is 53.8 Å². The van der Waals surface area contributed by atoms with E-state index in [9.17, 15) is 14.4 Å². The fourth-order valence-corrected chi connectivity index (χ4v) is 3.89. The number of ketones is 1. The first-order valence-electron chi connectivity index (χ1n) is 11.0. The maximum Gasteiger partial charge on any atom is 0.508 e. The van der Waals surface area contributed by atoms with Crippen LogP contribution in [0.2, 0.25) is 0 Å². The number of hydrogen-bond acceptors (Lipinski definition) is 7. The Morgan fingerprint density at radius 3 is 1.91 bits per heavy atom. The van der Waals surface area contributed by atoms with Crippen molar-refractivity contribution in [1.82, 2.24) is 0 Å². The van der Waals surface area contributed by atoms with E-state index in [0.717, 1.165) is 5.57 Å². The molecule has 0 spiro atoms. The molecule has 0 radical (unpaired) electrons. The lowest BCUT2D eigenvalue weighted by Crippen LogP contribution is -2.47. The highest BCUT2D eigenvalue weighted by molar-refractivity contribution is 6.67. The predicted octanol–water partition coefficient (Wildman–Crippen LogP) is 6.46. The van der Waals surface area contributed by atoms with Crippen molar-refractivity contribution in [2.75, 3.05) is 13.7 Å². The van der Waals surface area contributed by atoms with E-state index in [1.54, 1.807) is 41.5 Å². The molecule has 0 N–H and O–H groups in total. The van der Waals surface area contributed by atoms with Gasteiger partial charge in [0.2, 0.25) is 3.79 Å². The van der Waals surface area contributed by atoms with Gasteiger partial charge in [-0.15, -0.1) is 6.58 Å². The maximum atomic E-state index is 13.6. The van der Waals surface area contributed by atoms with Gasteiger partial charge in [0.15, 0.2) is 0 Å². The topological polar surface area (TPSA) is 88.1 Å². The van der Waals surface area contributed by atoms with Crippen molar-refractivity contribution in [2.24, 2.45) is 17.3 Å². The predicted molar refractivity (Wildman–Crippen MR) is 134 cm³/mol. The molecule has 0 aliphatic carbocycles.